The van der Waals surface area contributed by atoms with Crippen molar-refractivity contribution >= 4 is 5.97 Å². The molecule has 0 radical (unpaired) electrons. The Morgan fingerprint density at radius 1 is 1.46 bits per heavy atom. The summed E-state index contributed by atoms with van der Waals surface area (Å²) in [4.78, 5) is 11.0. The fourth-order valence-electron chi connectivity index (χ4n) is 0.830. The summed E-state index contributed by atoms with van der Waals surface area (Å²) in [5, 5.41) is 9.04. The molecule has 2 rings (SSSR count). The summed E-state index contributed by atoms with van der Waals surface area (Å²) in [5.74, 6) is -0.00802. The van der Waals surface area contributed by atoms with E-state index in [1.54, 1.807) is 12.1 Å². The molecule has 4 nitrogen and oxygen atoms in total. The molecular formula is C9H6O4. The van der Waals surface area contributed by atoms with Gasteiger partial charge < -0.3 is 14.6 Å². The second-order valence-corrected chi connectivity index (χ2v) is 2.49. The molecule has 0 unspecified atom stereocenters. The fraction of sp³-hybridized carbons (Fsp3) is 0. The van der Waals surface area contributed by atoms with Gasteiger partial charge in [0, 0.05) is 6.07 Å². The largest absolute Gasteiger partial charge is 0.508 e. The summed E-state index contributed by atoms with van der Waals surface area (Å²) in [6.45, 7) is 0. The van der Waals surface area contributed by atoms with Crippen molar-refractivity contribution in [2.75, 3.05) is 0 Å². The molecule has 1 N–H and O–H groups in total. The van der Waals surface area contributed by atoms with Crippen LogP contribution >= 0.6 is 0 Å². The predicted octanol–water partition coefficient (Wildman–Crippen LogP) is 1.17. The molecule has 0 fully saturated rings. The second kappa shape index (κ2) is 2.82. The maximum absolute atomic E-state index is 11.0. The molecule has 0 bridgehead atoms. The van der Waals surface area contributed by atoms with E-state index < -0.39 is 5.97 Å². The van der Waals surface area contributed by atoms with Crippen LogP contribution in [0.5, 0.6) is 11.5 Å². The molecule has 1 aromatic carbocycles. The summed E-state index contributed by atoms with van der Waals surface area (Å²) in [6.07, 6.45) is 1.30. The number of phenols is 1. The van der Waals surface area contributed by atoms with Crippen molar-refractivity contribution < 1.29 is 19.4 Å². The minimum atomic E-state index is -0.550. The SMILES string of the molecule is O=C(Oc1cccc(O)c1)C1=CO1. The monoisotopic (exact) mass is 178 g/mol. The number of ether oxygens (including phenoxy) is 2. The third-order valence-corrected chi connectivity index (χ3v) is 1.47. The Labute approximate surface area is 74.0 Å². The van der Waals surface area contributed by atoms with Crippen LogP contribution in [0.15, 0.2) is 36.3 Å². The Balaban J connectivity index is 2.08. The first kappa shape index (κ1) is 7.67. The van der Waals surface area contributed by atoms with Gasteiger partial charge in [-0.3, -0.25) is 0 Å². The molecule has 0 saturated carbocycles. The Bertz CT molecular complexity index is 381. The lowest BCUT2D eigenvalue weighted by molar-refractivity contribution is -0.131. The second-order valence-electron chi connectivity index (χ2n) is 2.49. The molecule has 4 heteroatoms. The minimum absolute atomic E-state index is 0.0518. The van der Waals surface area contributed by atoms with Crippen LogP contribution in [0.4, 0.5) is 0 Å². The number of rotatable bonds is 2. The van der Waals surface area contributed by atoms with Crippen molar-refractivity contribution in [1.29, 1.82) is 0 Å². The minimum Gasteiger partial charge on any atom is -0.508 e. The zero-order valence-corrected chi connectivity index (χ0v) is 6.56. The van der Waals surface area contributed by atoms with Gasteiger partial charge in [0.05, 0.1) is 0 Å². The Kier molecular flexibility index (Phi) is 1.66. The molecule has 0 aromatic heterocycles. The topological polar surface area (TPSA) is 59.1 Å². The van der Waals surface area contributed by atoms with Crippen molar-refractivity contribution in [3.63, 3.8) is 0 Å². The molecular weight excluding hydrogens is 172 g/mol. The molecule has 1 aliphatic rings. The Hall–Kier alpha value is -1.97. The molecule has 66 valence electrons. The lowest BCUT2D eigenvalue weighted by Crippen LogP contribution is -2.05. The highest BCUT2D eigenvalue weighted by Crippen LogP contribution is 2.21. The number of hydrogen-bond acceptors (Lipinski definition) is 4. The van der Waals surface area contributed by atoms with E-state index in [0.717, 1.165) is 0 Å². The number of aromatic hydroxyl groups is 1. The van der Waals surface area contributed by atoms with Crippen LogP contribution in [0.3, 0.4) is 0 Å². The predicted molar refractivity (Wildman–Crippen MR) is 42.9 cm³/mol. The summed E-state index contributed by atoms with van der Waals surface area (Å²) in [7, 11) is 0. The quantitative estimate of drug-likeness (QED) is 0.545. The number of phenolic OH excluding ortho intramolecular Hbond substituents is 1. The molecule has 0 aliphatic carbocycles. The average molecular weight is 178 g/mol. The maximum atomic E-state index is 11.0. The molecule has 1 aromatic rings. The Morgan fingerprint density at radius 2 is 2.23 bits per heavy atom. The van der Waals surface area contributed by atoms with Gasteiger partial charge in [-0.2, -0.15) is 0 Å². The van der Waals surface area contributed by atoms with E-state index in [0.29, 0.717) is 5.75 Å². The Morgan fingerprint density at radius 3 is 2.85 bits per heavy atom. The first-order valence-corrected chi connectivity index (χ1v) is 3.64. The molecule has 0 atom stereocenters. The van der Waals surface area contributed by atoms with E-state index in [2.05, 4.69) is 4.74 Å². The van der Waals surface area contributed by atoms with E-state index >= 15 is 0 Å². The molecule has 1 heterocycles. The van der Waals surface area contributed by atoms with Crippen LogP contribution < -0.4 is 4.74 Å². The van der Waals surface area contributed by atoms with Crippen LogP contribution in [0.25, 0.3) is 0 Å². The first-order chi connectivity index (χ1) is 6.25. The van der Waals surface area contributed by atoms with Gasteiger partial charge in [-0.1, -0.05) is 6.07 Å². The van der Waals surface area contributed by atoms with Crippen molar-refractivity contribution in [3.05, 3.63) is 36.3 Å². The van der Waals surface area contributed by atoms with Crippen molar-refractivity contribution in [3.8, 4) is 11.5 Å². The molecule has 1 aliphatic heterocycles. The highest BCUT2D eigenvalue weighted by atomic mass is 16.6. The number of benzene rings is 1. The van der Waals surface area contributed by atoms with Gasteiger partial charge in [0.15, 0.2) is 0 Å². The van der Waals surface area contributed by atoms with Gasteiger partial charge in [0.1, 0.15) is 17.8 Å². The molecule has 0 spiro atoms. The van der Waals surface area contributed by atoms with E-state index in [4.69, 9.17) is 9.84 Å². The summed E-state index contributed by atoms with van der Waals surface area (Å²) in [6, 6.07) is 5.99. The van der Waals surface area contributed by atoms with Crippen LogP contribution in [0, 0.1) is 0 Å². The van der Waals surface area contributed by atoms with Gasteiger partial charge in [-0.15, -0.1) is 0 Å². The highest BCUT2D eigenvalue weighted by Gasteiger charge is 2.22. The van der Waals surface area contributed by atoms with Gasteiger partial charge in [-0.05, 0) is 12.1 Å². The fourth-order valence-corrected chi connectivity index (χ4v) is 0.830. The van der Waals surface area contributed by atoms with Crippen LogP contribution in [0.1, 0.15) is 0 Å². The lowest BCUT2D eigenvalue weighted by atomic mass is 10.3. The molecule has 13 heavy (non-hydrogen) atoms. The normalized spacial score (nSPS) is 12.8. The van der Waals surface area contributed by atoms with Crippen LogP contribution in [0.2, 0.25) is 0 Å². The lowest BCUT2D eigenvalue weighted by Gasteiger charge is -2.00. The van der Waals surface area contributed by atoms with Gasteiger partial charge >= 0.3 is 5.97 Å². The van der Waals surface area contributed by atoms with E-state index in [-0.39, 0.29) is 11.5 Å². The van der Waals surface area contributed by atoms with Crippen LogP contribution in [-0.2, 0) is 9.53 Å². The van der Waals surface area contributed by atoms with Crippen molar-refractivity contribution in [1.82, 2.24) is 0 Å². The third-order valence-electron chi connectivity index (χ3n) is 1.47. The molecule has 0 amide bonds. The maximum Gasteiger partial charge on any atom is 0.382 e. The standard InChI is InChI=1S/C9H6O4/c10-6-2-1-3-7(4-6)13-9(11)8-5-12-8/h1-5,10H. The van der Waals surface area contributed by atoms with E-state index in [1.165, 1.54) is 18.4 Å². The average Bonchev–Trinajstić information content (AvgIpc) is 2.85. The van der Waals surface area contributed by atoms with E-state index in [9.17, 15) is 4.79 Å². The number of carbonyl (C=O) groups excluding carboxylic acids is 1. The zero-order valence-electron chi connectivity index (χ0n) is 6.56. The van der Waals surface area contributed by atoms with E-state index in [1.807, 2.05) is 0 Å². The van der Waals surface area contributed by atoms with Crippen LogP contribution in [-0.4, -0.2) is 11.1 Å². The van der Waals surface area contributed by atoms with Crippen molar-refractivity contribution in [2.24, 2.45) is 0 Å². The smallest absolute Gasteiger partial charge is 0.382 e. The van der Waals surface area contributed by atoms with Gasteiger partial charge in [-0.25, -0.2) is 4.79 Å². The first-order valence-electron chi connectivity index (χ1n) is 3.64. The summed E-state index contributed by atoms with van der Waals surface area (Å²) >= 11 is 0. The summed E-state index contributed by atoms with van der Waals surface area (Å²) in [5.41, 5.74) is 0. The van der Waals surface area contributed by atoms with Crippen molar-refractivity contribution in [2.45, 2.75) is 0 Å². The zero-order chi connectivity index (χ0) is 9.26. The number of esters is 1. The third kappa shape index (κ3) is 1.79. The highest BCUT2D eigenvalue weighted by molar-refractivity contribution is 5.90. The van der Waals surface area contributed by atoms with Gasteiger partial charge in [0.2, 0.25) is 5.76 Å². The summed E-state index contributed by atoms with van der Waals surface area (Å²) < 4.78 is 9.35. The molecule has 0 saturated heterocycles. The number of carbonyl (C=O) groups is 1. The number of hydrogen-bond donors (Lipinski definition) is 1. The van der Waals surface area contributed by atoms with Gasteiger partial charge in [0.25, 0.3) is 0 Å².